The summed E-state index contributed by atoms with van der Waals surface area (Å²) in [5.74, 6) is 0.611. The third kappa shape index (κ3) is 4.23. The van der Waals surface area contributed by atoms with E-state index in [1.54, 1.807) is 30.3 Å². The maximum absolute atomic E-state index is 12.2. The van der Waals surface area contributed by atoms with Crippen LogP contribution >= 0.6 is 15.9 Å². The van der Waals surface area contributed by atoms with Crippen LogP contribution in [0.15, 0.2) is 46.0 Å². The molecule has 7 heteroatoms. The molecule has 0 unspecified atom stereocenters. The molecule has 0 atom stereocenters. The molecule has 0 fully saturated rings. The van der Waals surface area contributed by atoms with Gasteiger partial charge in [0.05, 0.1) is 26.0 Å². The number of phenolic OH excluding ortho intramolecular Hbond substituents is 1. The van der Waals surface area contributed by atoms with Gasteiger partial charge in [0.1, 0.15) is 17.2 Å². The minimum Gasteiger partial charge on any atom is -0.507 e. The zero-order chi connectivity index (χ0) is 16.8. The van der Waals surface area contributed by atoms with Crippen molar-refractivity contribution in [3.63, 3.8) is 0 Å². The van der Waals surface area contributed by atoms with Crippen molar-refractivity contribution in [3.05, 3.63) is 52.0 Å². The van der Waals surface area contributed by atoms with Gasteiger partial charge in [-0.3, -0.25) is 4.79 Å². The Morgan fingerprint density at radius 3 is 2.70 bits per heavy atom. The lowest BCUT2D eigenvalue weighted by molar-refractivity contribution is 0.0952. The number of benzene rings is 2. The van der Waals surface area contributed by atoms with Crippen molar-refractivity contribution in [2.75, 3.05) is 14.2 Å². The van der Waals surface area contributed by atoms with Gasteiger partial charge in [0.2, 0.25) is 0 Å². The molecule has 0 aromatic heterocycles. The minimum atomic E-state index is -0.429. The number of hydrazone groups is 1. The lowest BCUT2D eigenvalue weighted by Crippen LogP contribution is -2.18. The molecule has 6 nitrogen and oxygen atoms in total. The molecule has 0 heterocycles. The molecule has 1 amide bonds. The topological polar surface area (TPSA) is 80.2 Å². The molecule has 0 bridgehead atoms. The molecule has 0 spiro atoms. The summed E-state index contributed by atoms with van der Waals surface area (Å²) in [4.78, 5) is 12.2. The first-order chi connectivity index (χ1) is 11.0. The average Bonchev–Trinajstić information content (AvgIpc) is 2.56. The largest absolute Gasteiger partial charge is 0.507 e. The number of carbonyl (C=O) groups excluding carboxylic acids is 1. The molecule has 23 heavy (non-hydrogen) atoms. The molecular weight excluding hydrogens is 364 g/mol. The fraction of sp³-hybridized carbons (Fsp3) is 0.125. The number of hydrogen-bond acceptors (Lipinski definition) is 5. The van der Waals surface area contributed by atoms with E-state index in [0.29, 0.717) is 22.6 Å². The highest BCUT2D eigenvalue weighted by atomic mass is 79.9. The van der Waals surface area contributed by atoms with Gasteiger partial charge >= 0.3 is 0 Å². The predicted molar refractivity (Wildman–Crippen MR) is 90.4 cm³/mol. The third-order valence-corrected chi connectivity index (χ3v) is 3.50. The molecule has 2 aromatic rings. The van der Waals surface area contributed by atoms with Gasteiger partial charge in [0, 0.05) is 10.0 Å². The van der Waals surface area contributed by atoms with E-state index in [0.717, 1.165) is 4.47 Å². The van der Waals surface area contributed by atoms with Crippen LogP contribution in [0.4, 0.5) is 0 Å². The standard InChI is InChI=1S/C16H15BrN2O4/c1-22-12-4-5-14(20)10(7-12)9-18-19-16(21)13-8-11(17)3-6-15(13)23-2/h3-9,20H,1-2H3,(H,19,21). The van der Waals surface area contributed by atoms with Crippen LogP contribution in [0.3, 0.4) is 0 Å². The summed E-state index contributed by atoms with van der Waals surface area (Å²) in [7, 11) is 3.01. The first-order valence-corrected chi connectivity index (χ1v) is 7.38. The highest BCUT2D eigenvalue weighted by Gasteiger charge is 2.12. The third-order valence-electron chi connectivity index (χ3n) is 3.01. The van der Waals surface area contributed by atoms with Gasteiger partial charge in [-0.2, -0.15) is 5.10 Å². The average molecular weight is 379 g/mol. The number of ether oxygens (including phenoxy) is 2. The monoisotopic (exact) mass is 378 g/mol. The molecule has 0 aliphatic rings. The minimum absolute atomic E-state index is 0.0313. The Kier molecular flexibility index (Phi) is 5.59. The van der Waals surface area contributed by atoms with Crippen molar-refractivity contribution in [2.45, 2.75) is 0 Å². The van der Waals surface area contributed by atoms with Gasteiger partial charge in [-0.1, -0.05) is 15.9 Å². The molecule has 2 rings (SSSR count). The number of methoxy groups -OCH3 is 2. The number of rotatable bonds is 5. The molecule has 0 aliphatic heterocycles. The van der Waals surface area contributed by atoms with Crippen molar-refractivity contribution in [2.24, 2.45) is 5.10 Å². The Morgan fingerprint density at radius 1 is 1.22 bits per heavy atom. The van der Waals surface area contributed by atoms with Crippen molar-refractivity contribution < 1.29 is 19.4 Å². The highest BCUT2D eigenvalue weighted by molar-refractivity contribution is 9.10. The number of carbonyl (C=O) groups is 1. The lowest BCUT2D eigenvalue weighted by Gasteiger charge is -2.07. The van der Waals surface area contributed by atoms with Crippen LogP contribution in [0.2, 0.25) is 0 Å². The van der Waals surface area contributed by atoms with Crippen LogP contribution < -0.4 is 14.9 Å². The summed E-state index contributed by atoms with van der Waals surface area (Å²) in [6.07, 6.45) is 1.33. The number of hydrogen-bond donors (Lipinski definition) is 2. The molecule has 0 aliphatic carbocycles. The van der Waals surface area contributed by atoms with Crippen LogP contribution in [0.25, 0.3) is 0 Å². The smallest absolute Gasteiger partial charge is 0.275 e. The van der Waals surface area contributed by atoms with E-state index in [2.05, 4.69) is 26.5 Å². The molecule has 120 valence electrons. The van der Waals surface area contributed by atoms with E-state index in [1.807, 2.05) is 0 Å². The quantitative estimate of drug-likeness (QED) is 0.619. The fourth-order valence-corrected chi connectivity index (χ4v) is 2.20. The van der Waals surface area contributed by atoms with Crippen LogP contribution in [0.1, 0.15) is 15.9 Å². The molecule has 0 saturated carbocycles. The molecule has 0 radical (unpaired) electrons. The van der Waals surface area contributed by atoms with E-state index in [1.165, 1.54) is 26.5 Å². The second-order valence-electron chi connectivity index (χ2n) is 4.47. The van der Waals surface area contributed by atoms with E-state index in [9.17, 15) is 9.90 Å². The fourth-order valence-electron chi connectivity index (χ4n) is 1.84. The van der Waals surface area contributed by atoms with Crippen molar-refractivity contribution in [1.82, 2.24) is 5.43 Å². The second-order valence-corrected chi connectivity index (χ2v) is 5.38. The van der Waals surface area contributed by atoms with Gasteiger partial charge in [-0.25, -0.2) is 5.43 Å². The van der Waals surface area contributed by atoms with Gasteiger partial charge in [-0.15, -0.1) is 0 Å². The van der Waals surface area contributed by atoms with E-state index >= 15 is 0 Å². The summed E-state index contributed by atoms with van der Waals surface area (Å²) in [5.41, 5.74) is 3.16. The van der Waals surface area contributed by atoms with Gasteiger partial charge in [0.15, 0.2) is 0 Å². The Morgan fingerprint density at radius 2 is 2.00 bits per heavy atom. The zero-order valence-electron chi connectivity index (χ0n) is 12.5. The van der Waals surface area contributed by atoms with Crippen LogP contribution in [-0.2, 0) is 0 Å². The number of nitrogens with one attached hydrogen (secondary N) is 1. The number of halogens is 1. The van der Waals surface area contributed by atoms with Crippen molar-refractivity contribution in [3.8, 4) is 17.2 Å². The summed E-state index contributed by atoms with van der Waals surface area (Å²) in [5, 5.41) is 13.6. The van der Waals surface area contributed by atoms with Crippen molar-refractivity contribution in [1.29, 1.82) is 0 Å². The number of phenols is 1. The number of aromatic hydroxyl groups is 1. The summed E-state index contributed by atoms with van der Waals surface area (Å²) in [6, 6.07) is 9.79. The number of nitrogens with zero attached hydrogens (tertiary/aromatic N) is 1. The highest BCUT2D eigenvalue weighted by Crippen LogP contribution is 2.23. The Balaban J connectivity index is 2.14. The SMILES string of the molecule is COc1ccc(O)c(C=NNC(=O)c2cc(Br)ccc2OC)c1. The summed E-state index contributed by atoms with van der Waals surface area (Å²) < 4.78 is 11.0. The van der Waals surface area contributed by atoms with Gasteiger partial charge in [-0.05, 0) is 36.4 Å². The maximum Gasteiger partial charge on any atom is 0.275 e. The molecular formula is C16H15BrN2O4. The predicted octanol–water partition coefficient (Wildman–Crippen LogP) is 2.94. The normalized spacial score (nSPS) is 10.6. The lowest BCUT2D eigenvalue weighted by atomic mass is 10.2. The maximum atomic E-state index is 12.2. The molecule has 0 saturated heterocycles. The van der Waals surface area contributed by atoms with Crippen molar-refractivity contribution >= 4 is 28.1 Å². The van der Waals surface area contributed by atoms with E-state index in [-0.39, 0.29) is 5.75 Å². The van der Waals surface area contributed by atoms with Crippen LogP contribution in [0, 0.1) is 0 Å². The van der Waals surface area contributed by atoms with E-state index in [4.69, 9.17) is 9.47 Å². The molecule has 2 N–H and O–H groups in total. The second kappa shape index (κ2) is 7.64. The number of amides is 1. The van der Waals surface area contributed by atoms with Gasteiger partial charge < -0.3 is 14.6 Å². The zero-order valence-corrected chi connectivity index (χ0v) is 14.1. The van der Waals surface area contributed by atoms with Crippen LogP contribution in [0.5, 0.6) is 17.2 Å². The first kappa shape index (κ1) is 16.8. The summed E-state index contributed by atoms with van der Waals surface area (Å²) >= 11 is 3.30. The molecule has 2 aromatic carbocycles. The first-order valence-electron chi connectivity index (χ1n) is 6.59. The Labute approximate surface area is 141 Å². The van der Waals surface area contributed by atoms with Crippen LogP contribution in [-0.4, -0.2) is 31.4 Å². The summed E-state index contributed by atoms with van der Waals surface area (Å²) in [6.45, 7) is 0. The van der Waals surface area contributed by atoms with E-state index < -0.39 is 5.91 Å². The Bertz CT molecular complexity index is 747. The Hall–Kier alpha value is -2.54. The van der Waals surface area contributed by atoms with Gasteiger partial charge in [0.25, 0.3) is 5.91 Å².